The van der Waals surface area contributed by atoms with E-state index in [1.54, 1.807) is 22.3 Å². The fourth-order valence-corrected chi connectivity index (χ4v) is 2.56. The fourth-order valence-electron chi connectivity index (χ4n) is 1.79. The predicted octanol–water partition coefficient (Wildman–Crippen LogP) is 1.87. The first kappa shape index (κ1) is 12.7. The van der Waals surface area contributed by atoms with Crippen molar-refractivity contribution in [2.75, 3.05) is 5.32 Å². The standard InChI is InChI=1S/C13H14N6S/c1-19-9-15-11(18-19)8-14-13-17-16-12(20-13)7-10-5-3-2-4-6-10/h2-6,9H,7-8H2,1H3,(H,14,17). The van der Waals surface area contributed by atoms with Crippen molar-refractivity contribution in [2.45, 2.75) is 13.0 Å². The predicted molar refractivity (Wildman–Crippen MR) is 77.5 cm³/mol. The van der Waals surface area contributed by atoms with E-state index in [0.29, 0.717) is 6.54 Å². The van der Waals surface area contributed by atoms with E-state index in [0.717, 1.165) is 22.4 Å². The summed E-state index contributed by atoms with van der Waals surface area (Å²) in [5.74, 6) is 0.743. The van der Waals surface area contributed by atoms with Crippen LogP contribution in [-0.4, -0.2) is 25.0 Å². The normalized spacial score (nSPS) is 10.7. The Hall–Kier alpha value is -2.28. The lowest BCUT2D eigenvalue weighted by Gasteiger charge is -1.96. The van der Waals surface area contributed by atoms with Crippen molar-refractivity contribution in [3.05, 3.63) is 53.1 Å². The molecule has 0 fully saturated rings. The Bertz CT molecular complexity index is 675. The molecule has 7 heteroatoms. The molecule has 0 amide bonds. The minimum Gasteiger partial charge on any atom is -0.353 e. The summed E-state index contributed by atoms with van der Waals surface area (Å²) in [5.41, 5.74) is 1.24. The van der Waals surface area contributed by atoms with Crippen LogP contribution >= 0.6 is 11.3 Å². The maximum Gasteiger partial charge on any atom is 0.206 e. The summed E-state index contributed by atoms with van der Waals surface area (Å²) >= 11 is 1.56. The summed E-state index contributed by atoms with van der Waals surface area (Å²) in [4.78, 5) is 4.15. The Kier molecular flexibility index (Phi) is 3.69. The highest BCUT2D eigenvalue weighted by Gasteiger charge is 2.06. The number of nitrogens with one attached hydrogen (secondary N) is 1. The zero-order chi connectivity index (χ0) is 13.8. The van der Waals surface area contributed by atoms with Crippen LogP contribution in [0, 0.1) is 0 Å². The lowest BCUT2D eigenvalue weighted by atomic mass is 10.2. The minimum atomic E-state index is 0.556. The highest BCUT2D eigenvalue weighted by atomic mass is 32.1. The van der Waals surface area contributed by atoms with Crippen molar-refractivity contribution in [3.63, 3.8) is 0 Å². The van der Waals surface area contributed by atoms with Gasteiger partial charge in [0.15, 0.2) is 5.82 Å². The van der Waals surface area contributed by atoms with Crippen molar-refractivity contribution in [2.24, 2.45) is 7.05 Å². The van der Waals surface area contributed by atoms with Gasteiger partial charge in [-0.2, -0.15) is 5.10 Å². The molecule has 1 aromatic carbocycles. The first-order chi connectivity index (χ1) is 9.79. The molecule has 102 valence electrons. The number of hydrogen-bond donors (Lipinski definition) is 1. The number of benzene rings is 1. The number of anilines is 1. The monoisotopic (exact) mass is 286 g/mol. The van der Waals surface area contributed by atoms with Gasteiger partial charge in [-0.3, -0.25) is 4.68 Å². The molecule has 0 unspecified atom stereocenters. The van der Waals surface area contributed by atoms with Gasteiger partial charge in [0, 0.05) is 13.5 Å². The molecule has 1 N–H and O–H groups in total. The van der Waals surface area contributed by atoms with Gasteiger partial charge in [-0.05, 0) is 5.56 Å². The Morgan fingerprint density at radius 2 is 2.05 bits per heavy atom. The van der Waals surface area contributed by atoms with Crippen LogP contribution in [0.25, 0.3) is 0 Å². The van der Waals surface area contributed by atoms with E-state index < -0.39 is 0 Å². The molecule has 0 spiro atoms. The van der Waals surface area contributed by atoms with Crippen molar-refractivity contribution in [3.8, 4) is 0 Å². The topological polar surface area (TPSA) is 68.5 Å². The van der Waals surface area contributed by atoms with Crippen molar-refractivity contribution < 1.29 is 0 Å². The molecular weight excluding hydrogens is 272 g/mol. The summed E-state index contributed by atoms with van der Waals surface area (Å²) in [6, 6.07) is 10.2. The molecule has 0 radical (unpaired) electrons. The van der Waals surface area contributed by atoms with Gasteiger partial charge in [0.25, 0.3) is 0 Å². The highest BCUT2D eigenvalue weighted by Crippen LogP contribution is 2.18. The molecule has 2 heterocycles. The van der Waals surface area contributed by atoms with E-state index in [2.05, 4.69) is 37.7 Å². The molecule has 0 aliphatic carbocycles. The van der Waals surface area contributed by atoms with Gasteiger partial charge in [-0.15, -0.1) is 10.2 Å². The highest BCUT2D eigenvalue weighted by molar-refractivity contribution is 7.15. The number of hydrogen-bond acceptors (Lipinski definition) is 6. The third kappa shape index (κ3) is 3.18. The molecular formula is C13H14N6S. The maximum atomic E-state index is 4.20. The smallest absolute Gasteiger partial charge is 0.206 e. The van der Waals surface area contributed by atoms with Crippen LogP contribution in [0.1, 0.15) is 16.4 Å². The van der Waals surface area contributed by atoms with Crippen molar-refractivity contribution in [1.29, 1.82) is 0 Å². The summed E-state index contributed by atoms with van der Waals surface area (Å²) < 4.78 is 1.68. The van der Waals surface area contributed by atoms with Gasteiger partial charge < -0.3 is 5.32 Å². The Morgan fingerprint density at radius 1 is 1.20 bits per heavy atom. The molecule has 2 aromatic heterocycles. The van der Waals surface area contributed by atoms with Gasteiger partial charge >= 0.3 is 0 Å². The second kappa shape index (κ2) is 5.79. The minimum absolute atomic E-state index is 0.556. The third-order valence-electron chi connectivity index (χ3n) is 2.71. The fraction of sp³-hybridized carbons (Fsp3) is 0.231. The van der Waals surface area contributed by atoms with Crippen LogP contribution in [0.4, 0.5) is 5.13 Å². The van der Waals surface area contributed by atoms with Crippen LogP contribution < -0.4 is 5.32 Å². The Balaban J connectivity index is 1.59. The van der Waals surface area contributed by atoms with Crippen LogP contribution in [-0.2, 0) is 20.0 Å². The first-order valence-corrected chi connectivity index (χ1v) is 7.06. The van der Waals surface area contributed by atoms with Gasteiger partial charge in [0.2, 0.25) is 5.13 Å². The van der Waals surface area contributed by atoms with E-state index in [1.165, 1.54) is 5.56 Å². The molecule has 0 saturated heterocycles. The van der Waals surface area contributed by atoms with Crippen LogP contribution in [0.15, 0.2) is 36.7 Å². The number of aromatic nitrogens is 5. The lowest BCUT2D eigenvalue weighted by Crippen LogP contribution is -2.01. The van der Waals surface area contributed by atoms with Gasteiger partial charge in [0.05, 0.1) is 6.54 Å². The summed E-state index contributed by atoms with van der Waals surface area (Å²) in [6.45, 7) is 0.556. The van der Waals surface area contributed by atoms with E-state index in [4.69, 9.17) is 0 Å². The average molecular weight is 286 g/mol. The quantitative estimate of drug-likeness (QED) is 0.775. The largest absolute Gasteiger partial charge is 0.353 e. The zero-order valence-electron chi connectivity index (χ0n) is 11.0. The van der Waals surface area contributed by atoms with Gasteiger partial charge in [-0.25, -0.2) is 4.98 Å². The zero-order valence-corrected chi connectivity index (χ0v) is 11.8. The number of rotatable bonds is 5. The van der Waals surface area contributed by atoms with Crippen molar-refractivity contribution >= 4 is 16.5 Å². The van der Waals surface area contributed by atoms with Gasteiger partial charge in [-0.1, -0.05) is 41.7 Å². The molecule has 0 aliphatic rings. The van der Waals surface area contributed by atoms with E-state index in [1.807, 2.05) is 25.2 Å². The number of aryl methyl sites for hydroxylation is 1. The summed E-state index contributed by atoms with van der Waals surface area (Å²) in [7, 11) is 1.85. The molecule has 0 bridgehead atoms. The average Bonchev–Trinajstić information content (AvgIpc) is 3.07. The Labute approximate surface area is 120 Å². The number of nitrogens with zero attached hydrogens (tertiary/aromatic N) is 5. The van der Waals surface area contributed by atoms with Crippen molar-refractivity contribution in [1.82, 2.24) is 25.0 Å². The molecule has 20 heavy (non-hydrogen) atoms. The Morgan fingerprint density at radius 3 is 2.80 bits per heavy atom. The van der Waals surface area contributed by atoms with Crippen LogP contribution in [0.2, 0.25) is 0 Å². The second-order valence-electron chi connectivity index (χ2n) is 4.35. The molecule has 0 aliphatic heterocycles. The molecule has 3 rings (SSSR count). The first-order valence-electron chi connectivity index (χ1n) is 6.24. The maximum absolute atomic E-state index is 4.20. The second-order valence-corrected chi connectivity index (χ2v) is 5.41. The van der Waals surface area contributed by atoms with E-state index in [-0.39, 0.29) is 0 Å². The molecule has 3 aromatic rings. The summed E-state index contributed by atoms with van der Waals surface area (Å²) in [6.07, 6.45) is 2.49. The molecule has 0 saturated carbocycles. The van der Waals surface area contributed by atoms with Gasteiger partial charge in [0.1, 0.15) is 11.3 Å². The van der Waals surface area contributed by atoms with Crippen LogP contribution in [0.5, 0.6) is 0 Å². The van der Waals surface area contributed by atoms with Crippen LogP contribution in [0.3, 0.4) is 0 Å². The van der Waals surface area contributed by atoms with E-state index in [9.17, 15) is 0 Å². The third-order valence-corrected chi connectivity index (χ3v) is 3.59. The lowest BCUT2D eigenvalue weighted by molar-refractivity contribution is 0.747. The molecule has 6 nitrogen and oxygen atoms in total. The SMILES string of the molecule is Cn1cnc(CNc2nnc(Cc3ccccc3)s2)n1. The molecule has 0 atom stereocenters. The van der Waals surface area contributed by atoms with E-state index >= 15 is 0 Å². The summed E-state index contributed by atoms with van der Waals surface area (Å²) in [5, 5.41) is 17.5.